The fourth-order valence-corrected chi connectivity index (χ4v) is 3.13. The van der Waals surface area contributed by atoms with Crippen LogP contribution in [0.15, 0.2) is 21.5 Å². The molecule has 0 saturated carbocycles. The van der Waals surface area contributed by atoms with Crippen molar-refractivity contribution in [3.63, 3.8) is 0 Å². The summed E-state index contributed by atoms with van der Waals surface area (Å²) in [6.07, 6.45) is 0.904. The SMILES string of the molecule is CCCOCCOc1c(Cl)cc(Br)cc1S(N)(=O)=O. The summed E-state index contributed by atoms with van der Waals surface area (Å²) in [6, 6.07) is 2.89. The fourth-order valence-electron chi connectivity index (χ4n) is 1.34. The number of rotatable bonds is 7. The highest BCUT2D eigenvalue weighted by Gasteiger charge is 2.19. The first-order chi connectivity index (χ1) is 8.86. The summed E-state index contributed by atoms with van der Waals surface area (Å²) < 4.78 is 34.1. The molecule has 0 atom stereocenters. The van der Waals surface area contributed by atoms with Crippen molar-refractivity contribution in [1.29, 1.82) is 0 Å². The van der Waals surface area contributed by atoms with Gasteiger partial charge in [-0.05, 0) is 18.6 Å². The van der Waals surface area contributed by atoms with Crippen LogP contribution in [0.25, 0.3) is 0 Å². The zero-order valence-electron chi connectivity index (χ0n) is 10.4. The zero-order valence-corrected chi connectivity index (χ0v) is 13.5. The molecule has 0 bridgehead atoms. The van der Waals surface area contributed by atoms with Crippen molar-refractivity contribution in [3.05, 3.63) is 21.6 Å². The van der Waals surface area contributed by atoms with Crippen molar-refractivity contribution in [2.45, 2.75) is 18.2 Å². The number of hydrogen-bond acceptors (Lipinski definition) is 4. The van der Waals surface area contributed by atoms with E-state index in [0.717, 1.165) is 6.42 Å². The van der Waals surface area contributed by atoms with Gasteiger partial charge in [-0.25, -0.2) is 13.6 Å². The number of sulfonamides is 1. The highest BCUT2D eigenvalue weighted by atomic mass is 79.9. The van der Waals surface area contributed by atoms with Gasteiger partial charge >= 0.3 is 0 Å². The minimum absolute atomic E-state index is 0.0486. The quantitative estimate of drug-likeness (QED) is 0.746. The summed E-state index contributed by atoms with van der Waals surface area (Å²) in [5, 5.41) is 5.30. The van der Waals surface area contributed by atoms with Gasteiger partial charge in [0.1, 0.15) is 11.5 Å². The van der Waals surface area contributed by atoms with Crippen LogP contribution in [0.2, 0.25) is 5.02 Å². The first-order valence-corrected chi connectivity index (χ1v) is 8.30. The molecule has 0 aliphatic heterocycles. The second kappa shape index (κ2) is 7.44. The van der Waals surface area contributed by atoms with Gasteiger partial charge in [0.25, 0.3) is 0 Å². The molecule has 0 aliphatic carbocycles. The molecule has 0 unspecified atom stereocenters. The molecule has 2 N–H and O–H groups in total. The molecule has 1 aromatic rings. The highest BCUT2D eigenvalue weighted by molar-refractivity contribution is 9.10. The molecule has 0 aliphatic rings. The Labute approximate surface area is 126 Å². The first kappa shape index (κ1) is 16.7. The second-order valence-electron chi connectivity index (χ2n) is 3.72. The van der Waals surface area contributed by atoms with Crippen LogP contribution in [0.5, 0.6) is 5.75 Å². The molecular weight excluding hydrogens is 358 g/mol. The standard InChI is InChI=1S/C11H15BrClNO4S/c1-2-3-17-4-5-18-11-9(13)6-8(12)7-10(11)19(14,15)16/h6-7H,2-5H2,1H3,(H2,14,15,16). The molecular formula is C11H15BrClNO4S. The summed E-state index contributed by atoms with van der Waals surface area (Å²) in [4.78, 5) is -0.151. The maximum absolute atomic E-state index is 11.5. The van der Waals surface area contributed by atoms with E-state index in [1.54, 1.807) is 6.07 Å². The molecule has 19 heavy (non-hydrogen) atoms. The van der Waals surface area contributed by atoms with E-state index in [9.17, 15) is 8.42 Å². The molecule has 1 aromatic carbocycles. The van der Waals surface area contributed by atoms with Crippen molar-refractivity contribution in [2.24, 2.45) is 5.14 Å². The largest absolute Gasteiger partial charge is 0.488 e. The topological polar surface area (TPSA) is 78.6 Å². The monoisotopic (exact) mass is 371 g/mol. The second-order valence-corrected chi connectivity index (χ2v) is 6.57. The van der Waals surface area contributed by atoms with Crippen LogP contribution in [-0.2, 0) is 14.8 Å². The van der Waals surface area contributed by atoms with E-state index < -0.39 is 10.0 Å². The van der Waals surface area contributed by atoms with Crippen LogP contribution in [0.3, 0.4) is 0 Å². The normalized spacial score (nSPS) is 11.6. The van der Waals surface area contributed by atoms with Gasteiger partial charge in [0.15, 0.2) is 5.75 Å². The molecule has 0 spiro atoms. The molecule has 0 aromatic heterocycles. The van der Waals surface area contributed by atoms with Gasteiger partial charge in [-0.1, -0.05) is 34.5 Å². The lowest BCUT2D eigenvalue weighted by atomic mass is 10.3. The van der Waals surface area contributed by atoms with E-state index in [0.29, 0.717) is 17.7 Å². The van der Waals surface area contributed by atoms with E-state index in [2.05, 4.69) is 15.9 Å². The zero-order chi connectivity index (χ0) is 14.5. The van der Waals surface area contributed by atoms with E-state index in [1.165, 1.54) is 6.07 Å². The Morgan fingerprint density at radius 3 is 2.58 bits per heavy atom. The molecule has 0 saturated heterocycles. The molecule has 8 heteroatoms. The Hall–Kier alpha value is -0.340. The van der Waals surface area contributed by atoms with Gasteiger partial charge in [-0.15, -0.1) is 0 Å². The van der Waals surface area contributed by atoms with Crippen molar-refractivity contribution in [3.8, 4) is 5.75 Å². The van der Waals surface area contributed by atoms with E-state index >= 15 is 0 Å². The molecule has 108 valence electrons. The van der Waals surface area contributed by atoms with Gasteiger partial charge in [0.05, 0.1) is 11.6 Å². The number of primary sulfonamides is 1. The van der Waals surface area contributed by atoms with Crippen LogP contribution < -0.4 is 9.88 Å². The maximum atomic E-state index is 11.5. The average molecular weight is 373 g/mol. The van der Waals surface area contributed by atoms with Gasteiger partial charge < -0.3 is 9.47 Å². The number of hydrogen-bond donors (Lipinski definition) is 1. The lowest BCUT2D eigenvalue weighted by Gasteiger charge is -2.12. The average Bonchev–Trinajstić information content (AvgIpc) is 2.29. The maximum Gasteiger partial charge on any atom is 0.241 e. The summed E-state index contributed by atoms with van der Waals surface area (Å²) in [6.45, 7) is 3.17. The molecule has 0 amide bonds. The third-order valence-corrected chi connectivity index (χ3v) is 3.76. The van der Waals surface area contributed by atoms with Crippen molar-refractivity contribution >= 4 is 37.6 Å². The van der Waals surface area contributed by atoms with Gasteiger partial charge in [-0.2, -0.15) is 0 Å². The Kier molecular flexibility index (Phi) is 6.55. The van der Waals surface area contributed by atoms with E-state index in [-0.39, 0.29) is 22.3 Å². The van der Waals surface area contributed by atoms with Crippen molar-refractivity contribution in [1.82, 2.24) is 0 Å². The third-order valence-electron chi connectivity index (χ3n) is 2.10. The lowest BCUT2D eigenvalue weighted by molar-refractivity contribution is 0.0996. The number of ether oxygens (including phenoxy) is 2. The molecule has 0 fully saturated rings. The van der Waals surface area contributed by atoms with Gasteiger partial charge in [0, 0.05) is 11.1 Å². The smallest absolute Gasteiger partial charge is 0.241 e. The van der Waals surface area contributed by atoms with Gasteiger partial charge in [0.2, 0.25) is 10.0 Å². The Bertz CT molecular complexity index is 536. The Morgan fingerprint density at radius 2 is 2.00 bits per heavy atom. The van der Waals surface area contributed by atoms with E-state index in [4.69, 9.17) is 26.2 Å². The Morgan fingerprint density at radius 1 is 1.32 bits per heavy atom. The predicted molar refractivity (Wildman–Crippen MR) is 77.1 cm³/mol. The van der Waals surface area contributed by atoms with Crippen LogP contribution in [0.4, 0.5) is 0 Å². The minimum Gasteiger partial charge on any atom is -0.488 e. The van der Waals surface area contributed by atoms with Crippen LogP contribution in [-0.4, -0.2) is 28.2 Å². The van der Waals surface area contributed by atoms with Gasteiger partial charge in [-0.3, -0.25) is 0 Å². The first-order valence-electron chi connectivity index (χ1n) is 5.58. The molecule has 1 rings (SSSR count). The van der Waals surface area contributed by atoms with E-state index in [1.807, 2.05) is 6.92 Å². The van der Waals surface area contributed by atoms with Crippen LogP contribution >= 0.6 is 27.5 Å². The fraction of sp³-hybridized carbons (Fsp3) is 0.455. The number of benzene rings is 1. The van der Waals surface area contributed by atoms with Crippen LogP contribution in [0.1, 0.15) is 13.3 Å². The summed E-state index contributed by atoms with van der Waals surface area (Å²) in [5.41, 5.74) is 0. The summed E-state index contributed by atoms with van der Waals surface area (Å²) >= 11 is 9.12. The lowest BCUT2D eigenvalue weighted by Crippen LogP contribution is -2.16. The van der Waals surface area contributed by atoms with Crippen molar-refractivity contribution in [2.75, 3.05) is 19.8 Å². The summed E-state index contributed by atoms with van der Waals surface area (Å²) in [5.74, 6) is 0.0486. The van der Waals surface area contributed by atoms with Crippen molar-refractivity contribution < 1.29 is 17.9 Å². The minimum atomic E-state index is -3.91. The molecule has 0 radical (unpaired) electrons. The van der Waals surface area contributed by atoms with Crippen LogP contribution in [0, 0.1) is 0 Å². The number of nitrogens with two attached hydrogens (primary N) is 1. The number of halogens is 2. The Balaban J connectivity index is 2.87. The molecule has 0 heterocycles. The third kappa shape index (κ3) is 5.27. The predicted octanol–water partition coefficient (Wildman–Crippen LogP) is 2.56. The highest BCUT2D eigenvalue weighted by Crippen LogP contribution is 2.34. The summed E-state index contributed by atoms with van der Waals surface area (Å²) in [7, 11) is -3.91. The molecule has 5 nitrogen and oxygen atoms in total.